The minimum atomic E-state index is 0.688. The Morgan fingerprint density at radius 1 is 1.33 bits per heavy atom. The van der Waals surface area contributed by atoms with Crippen LogP contribution in [0.15, 0.2) is 4.60 Å². The van der Waals surface area contributed by atoms with Crippen LogP contribution in [0.5, 0.6) is 0 Å². The molecule has 15 heavy (non-hydrogen) atoms. The largest absolute Gasteiger partial charge is 0.265 e. The standard InChI is InChI=1S/C11H15BrN2S/c12-11-9-7-15-6-5-10(9)14(13-11)8-3-1-2-4-8/h8H,1-7H2. The van der Waals surface area contributed by atoms with E-state index in [1.807, 2.05) is 11.8 Å². The van der Waals surface area contributed by atoms with Gasteiger partial charge in [0.2, 0.25) is 0 Å². The zero-order chi connectivity index (χ0) is 10.3. The van der Waals surface area contributed by atoms with Gasteiger partial charge in [-0.3, -0.25) is 4.68 Å². The van der Waals surface area contributed by atoms with E-state index in [2.05, 4.69) is 20.6 Å². The first kappa shape index (κ1) is 10.2. The molecule has 0 unspecified atom stereocenters. The number of hydrogen-bond donors (Lipinski definition) is 0. The predicted molar refractivity (Wildman–Crippen MR) is 67.3 cm³/mol. The predicted octanol–water partition coefficient (Wildman–Crippen LogP) is 3.55. The van der Waals surface area contributed by atoms with Crippen molar-refractivity contribution in [2.24, 2.45) is 0 Å². The molecule has 0 spiro atoms. The average Bonchev–Trinajstić information content (AvgIpc) is 2.87. The summed E-state index contributed by atoms with van der Waals surface area (Å²) in [6.07, 6.45) is 6.62. The van der Waals surface area contributed by atoms with E-state index in [9.17, 15) is 0 Å². The van der Waals surface area contributed by atoms with Gasteiger partial charge in [-0.25, -0.2) is 0 Å². The Morgan fingerprint density at radius 2 is 2.13 bits per heavy atom. The van der Waals surface area contributed by atoms with Gasteiger partial charge in [-0.2, -0.15) is 16.9 Å². The van der Waals surface area contributed by atoms with Gasteiger partial charge in [-0.05, 0) is 40.9 Å². The van der Waals surface area contributed by atoms with Crippen LogP contribution in [0.1, 0.15) is 43.0 Å². The van der Waals surface area contributed by atoms with Crippen LogP contribution in [-0.2, 0) is 12.2 Å². The van der Waals surface area contributed by atoms with Crippen molar-refractivity contribution in [2.45, 2.75) is 43.9 Å². The summed E-state index contributed by atoms with van der Waals surface area (Å²) in [5.41, 5.74) is 2.96. The smallest absolute Gasteiger partial charge is 0.132 e. The maximum Gasteiger partial charge on any atom is 0.132 e. The van der Waals surface area contributed by atoms with E-state index in [4.69, 9.17) is 5.10 Å². The fraction of sp³-hybridized carbons (Fsp3) is 0.727. The molecule has 1 fully saturated rings. The van der Waals surface area contributed by atoms with Gasteiger partial charge in [0.05, 0.1) is 6.04 Å². The van der Waals surface area contributed by atoms with Crippen LogP contribution in [-0.4, -0.2) is 15.5 Å². The molecule has 1 aromatic rings. The zero-order valence-electron chi connectivity index (χ0n) is 8.71. The van der Waals surface area contributed by atoms with Gasteiger partial charge in [-0.1, -0.05) is 12.8 Å². The van der Waals surface area contributed by atoms with E-state index >= 15 is 0 Å². The lowest BCUT2D eigenvalue weighted by atomic mass is 10.2. The van der Waals surface area contributed by atoms with Crippen LogP contribution < -0.4 is 0 Å². The molecule has 0 aromatic carbocycles. The molecule has 0 atom stereocenters. The third-order valence-corrected chi connectivity index (χ3v) is 5.09. The van der Waals surface area contributed by atoms with E-state index in [0.29, 0.717) is 6.04 Å². The molecular weight excluding hydrogens is 272 g/mol. The number of aromatic nitrogens is 2. The Morgan fingerprint density at radius 3 is 2.93 bits per heavy atom. The number of halogens is 1. The lowest BCUT2D eigenvalue weighted by Crippen LogP contribution is -2.13. The molecule has 1 aromatic heterocycles. The molecule has 82 valence electrons. The second-order valence-corrected chi connectivity index (χ2v) is 6.26. The quantitative estimate of drug-likeness (QED) is 0.786. The van der Waals surface area contributed by atoms with Gasteiger partial charge in [0.15, 0.2) is 0 Å². The maximum atomic E-state index is 4.69. The molecular formula is C11H15BrN2S. The summed E-state index contributed by atoms with van der Waals surface area (Å²) >= 11 is 5.63. The van der Waals surface area contributed by atoms with Crippen molar-refractivity contribution in [3.63, 3.8) is 0 Å². The summed E-state index contributed by atoms with van der Waals surface area (Å²) in [5.74, 6) is 2.40. The highest BCUT2D eigenvalue weighted by Crippen LogP contribution is 2.36. The van der Waals surface area contributed by atoms with Gasteiger partial charge >= 0.3 is 0 Å². The van der Waals surface area contributed by atoms with E-state index < -0.39 is 0 Å². The van der Waals surface area contributed by atoms with Crippen LogP contribution in [0.25, 0.3) is 0 Å². The van der Waals surface area contributed by atoms with Crippen LogP contribution in [0.4, 0.5) is 0 Å². The summed E-state index contributed by atoms with van der Waals surface area (Å²) in [5, 5.41) is 4.69. The number of rotatable bonds is 1. The van der Waals surface area contributed by atoms with Crippen molar-refractivity contribution < 1.29 is 0 Å². The Kier molecular flexibility index (Phi) is 2.81. The fourth-order valence-corrected chi connectivity index (χ4v) is 4.39. The average molecular weight is 287 g/mol. The molecule has 2 nitrogen and oxygen atoms in total. The summed E-state index contributed by atoms with van der Waals surface area (Å²) in [6.45, 7) is 0. The van der Waals surface area contributed by atoms with Crippen molar-refractivity contribution >= 4 is 27.7 Å². The molecule has 2 heterocycles. The molecule has 0 saturated heterocycles. The molecule has 1 saturated carbocycles. The number of nitrogens with zero attached hydrogens (tertiary/aromatic N) is 2. The van der Waals surface area contributed by atoms with Gasteiger partial charge in [0.25, 0.3) is 0 Å². The van der Waals surface area contributed by atoms with E-state index in [0.717, 1.165) is 10.4 Å². The number of thioether (sulfide) groups is 1. The van der Waals surface area contributed by atoms with Crippen LogP contribution >= 0.6 is 27.7 Å². The van der Waals surface area contributed by atoms with Crippen LogP contribution in [0.3, 0.4) is 0 Å². The SMILES string of the molecule is Brc1nn(C2CCCC2)c2c1CSCC2. The molecule has 1 aliphatic heterocycles. The van der Waals surface area contributed by atoms with Gasteiger partial charge < -0.3 is 0 Å². The third kappa shape index (κ3) is 1.76. The molecule has 0 bridgehead atoms. The first-order valence-corrected chi connectivity index (χ1v) is 7.64. The number of fused-ring (bicyclic) bond motifs is 1. The maximum absolute atomic E-state index is 4.69. The highest BCUT2D eigenvalue weighted by atomic mass is 79.9. The van der Waals surface area contributed by atoms with Crippen LogP contribution in [0.2, 0.25) is 0 Å². The highest BCUT2D eigenvalue weighted by Gasteiger charge is 2.25. The molecule has 0 amide bonds. The van der Waals surface area contributed by atoms with E-state index in [-0.39, 0.29) is 0 Å². The summed E-state index contributed by atoms with van der Waals surface area (Å²) in [6, 6.07) is 0.688. The fourth-order valence-electron chi connectivity index (χ4n) is 2.67. The van der Waals surface area contributed by atoms with Crippen molar-refractivity contribution in [3.05, 3.63) is 15.9 Å². The topological polar surface area (TPSA) is 17.8 Å². The van der Waals surface area contributed by atoms with Gasteiger partial charge in [-0.15, -0.1) is 0 Å². The molecule has 2 aliphatic rings. The second-order valence-electron chi connectivity index (χ2n) is 4.40. The van der Waals surface area contributed by atoms with Crippen molar-refractivity contribution in [1.82, 2.24) is 9.78 Å². The Balaban J connectivity index is 1.99. The van der Waals surface area contributed by atoms with Crippen molar-refractivity contribution in [3.8, 4) is 0 Å². The molecule has 0 N–H and O–H groups in total. The molecule has 0 radical (unpaired) electrons. The Hall–Kier alpha value is 0.0400. The normalized spacial score (nSPS) is 21.9. The highest BCUT2D eigenvalue weighted by molar-refractivity contribution is 9.10. The van der Waals surface area contributed by atoms with Crippen molar-refractivity contribution in [2.75, 3.05) is 5.75 Å². The minimum Gasteiger partial charge on any atom is -0.265 e. The number of hydrogen-bond acceptors (Lipinski definition) is 2. The Bertz CT molecular complexity index is 369. The molecule has 4 heteroatoms. The van der Waals surface area contributed by atoms with Crippen molar-refractivity contribution in [1.29, 1.82) is 0 Å². The van der Waals surface area contributed by atoms with Crippen LogP contribution in [0, 0.1) is 0 Å². The second kappa shape index (κ2) is 4.13. The lowest BCUT2D eigenvalue weighted by molar-refractivity contribution is 0.449. The first-order valence-electron chi connectivity index (χ1n) is 5.70. The zero-order valence-corrected chi connectivity index (χ0v) is 11.1. The van der Waals surface area contributed by atoms with E-state index in [1.54, 1.807) is 0 Å². The summed E-state index contributed by atoms with van der Waals surface area (Å²) in [7, 11) is 0. The van der Waals surface area contributed by atoms with Gasteiger partial charge in [0, 0.05) is 17.0 Å². The lowest BCUT2D eigenvalue weighted by Gasteiger charge is -2.17. The summed E-state index contributed by atoms with van der Waals surface area (Å²) < 4.78 is 3.42. The monoisotopic (exact) mass is 286 g/mol. The van der Waals surface area contributed by atoms with E-state index in [1.165, 1.54) is 49.1 Å². The van der Waals surface area contributed by atoms with Gasteiger partial charge in [0.1, 0.15) is 4.60 Å². The summed E-state index contributed by atoms with van der Waals surface area (Å²) in [4.78, 5) is 0. The molecule has 3 rings (SSSR count). The minimum absolute atomic E-state index is 0.688. The third-order valence-electron chi connectivity index (χ3n) is 3.47. The Labute approximate surface area is 103 Å². The molecule has 1 aliphatic carbocycles. The first-order chi connectivity index (χ1) is 7.36.